The summed E-state index contributed by atoms with van der Waals surface area (Å²) in [5.74, 6) is -0.964. The second kappa shape index (κ2) is 4.65. The van der Waals surface area contributed by atoms with Crippen LogP contribution in [0, 0.1) is 5.92 Å². The lowest BCUT2D eigenvalue weighted by Gasteiger charge is -2.15. The molecule has 1 amide bonds. The van der Waals surface area contributed by atoms with Crippen molar-refractivity contribution in [3.63, 3.8) is 0 Å². The van der Waals surface area contributed by atoms with Gasteiger partial charge in [-0.1, -0.05) is 6.07 Å². The van der Waals surface area contributed by atoms with E-state index < -0.39 is 23.6 Å². The highest BCUT2D eigenvalue weighted by molar-refractivity contribution is 6.14. The van der Waals surface area contributed by atoms with Gasteiger partial charge in [0.25, 0.3) is 5.91 Å². The minimum atomic E-state index is -4.45. The summed E-state index contributed by atoms with van der Waals surface area (Å²) in [5.41, 5.74) is 5.23. The number of anilines is 1. The number of benzene rings is 1. The van der Waals surface area contributed by atoms with Gasteiger partial charge in [0.1, 0.15) is 0 Å². The van der Waals surface area contributed by atoms with Gasteiger partial charge in [-0.15, -0.1) is 0 Å². The van der Waals surface area contributed by atoms with E-state index in [9.17, 15) is 18.0 Å². The van der Waals surface area contributed by atoms with Crippen molar-refractivity contribution < 1.29 is 18.0 Å². The fraction of sp³-hybridized carbons (Fsp3) is 0.333. The third kappa shape index (κ3) is 2.46. The summed E-state index contributed by atoms with van der Waals surface area (Å²) >= 11 is 0. The van der Waals surface area contributed by atoms with Crippen molar-refractivity contribution in [3.8, 4) is 0 Å². The molecule has 0 fully saturated rings. The normalized spacial score (nSPS) is 19.8. The van der Waals surface area contributed by atoms with E-state index in [0.29, 0.717) is 5.71 Å². The number of halogens is 3. The van der Waals surface area contributed by atoms with Crippen LogP contribution in [0.4, 0.5) is 18.9 Å². The summed E-state index contributed by atoms with van der Waals surface area (Å²) in [6.07, 6.45) is -4.45. The second-order valence-corrected chi connectivity index (χ2v) is 4.23. The number of hydrogen-bond acceptors (Lipinski definition) is 3. The minimum Gasteiger partial charge on any atom is -0.329 e. The minimum absolute atomic E-state index is 0.0869. The largest absolute Gasteiger partial charge is 0.416 e. The van der Waals surface area contributed by atoms with E-state index in [1.165, 1.54) is 12.1 Å². The van der Waals surface area contributed by atoms with Crippen molar-refractivity contribution in [3.05, 3.63) is 29.8 Å². The Kier molecular flexibility index (Phi) is 3.32. The first-order chi connectivity index (χ1) is 8.84. The Morgan fingerprint density at radius 3 is 2.63 bits per heavy atom. The average molecular weight is 271 g/mol. The molecule has 0 radical (unpaired) electrons. The number of rotatable bonds is 2. The van der Waals surface area contributed by atoms with Gasteiger partial charge in [0.2, 0.25) is 0 Å². The first-order valence-corrected chi connectivity index (χ1v) is 5.61. The monoisotopic (exact) mass is 271 g/mol. The van der Waals surface area contributed by atoms with Gasteiger partial charge in [0, 0.05) is 12.3 Å². The summed E-state index contributed by atoms with van der Waals surface area (Å²) in [5, 5.41) is 4.94. The molecule has 4 nitrogen and oxygen atoms in total. The maximum absolute atomic E-state index is 12.6. The molecule has 1 aliphatic heterocycles. The van der Waals surface area contributed by atoms with Crippen LogP contribution < -0.4 is 10.7 Å². The fourth-order valence-corrected chi connectivity index (χ4v) is 1.87. The zero-order valence-corrected chi connectivity index (χ0v) is 10.1. The maximum Gasteiger partial charge on any atom is 0.416 e. The van der Waals surface area contributed by atoms with Crippen molar-refractivity contribution in [2.24, 2.45) is 16.8 Å². The Balaban J connectivity index is 2.37. The topological polar surface area (TPSA) is 58.7 Å². The maximum atomic E-state index is 12.6. The Morgan fingerprint density at radius 2 is 2.11 bits per heavy atom. The van der Waals surface area contributed by atoms with E-state index in [1.807, 2.05) is 0 Å². The number of hydrazone groups is 1. The molecular formula is C12H12F3N3O. The first kappa shape index (κ1) is 13.5. The Hall–Kier alpha value is -1.89. The molecule has 1 atom stereocenters. The molecule has 0 bridgehead atoms. The lowest BCUT2D eigenvalue weighted by atomic mass is 10.1. The van der Waals surface area contributed by atoms with Gasteiger partial charge in [-0.05, 0) is 25.1 Å². The molecule has 1 aliphatic rings. The van der Waals surface area contributed by atoms with Crippen molar-refractivity contribution in [1.82, 2.24) is 0 Å². The number of carbonyl (C=O) groups excluding carboxylic acids is 1. The number of amides is 1. The van der Waals surface area contributed by atoms with Gasteiger partial charge in [0.15, 0.2) is 0 Å². The van der Waals surface area contributed by atoms with E-state index in [-0.39, 0.29) is 12.2 Å². The molecule has 1 aromatic rings. The number of alkyl halides is 3. The Labute approximate surface area is 107 Å². The van der Waals surface area contributed by atoms with Gasteiger partial charge in [0.05, 0.1) is 17.2 Å². The summed E-state index contributed by atoms with van der Waals surface area (Å²) in [6, 6.07) is 4.49. The molecule has 0 spiro atoms. The third-order valence-electron chi connectivity index (χ3n) is 2.92. The molecule has 2 N–H and O–H groups in total. The molecule has 102 valence electrons. The molecule has 0 aliphatic carbocycles. The smallest absolute Gasteiger partial charge is 0.329 e. The second-order valence-electron chi connectivity index (χ2n) is 4.23. The number of nitrogens with two attached hydrogens (primary N) is 1. The molecule has 1 unspecified atom stereocenters. The van der Waals surface area contributed by atoms with Gasteiger partial charge < -0.3 is 5.73 Å². The Morgan fingerprint density at radius 1 is 1.42 bits per heavy atom. The molecule has 1 aromatic carbocycles. The van der Waals surface area contributed by atoms with Crippen LogP contribution in [0.1, 0.15) is 12.5 Å². The lowest BCUT2D eigenvalue weighted by molar-refractivity contribution is -0.137. The summed E-state index contributed by atoms with van der Waals surface area (Å²) in [6.45, 7) is 1.71. The fourth-order valence-electron chi connectivity index (χ4n) is 1.87. The van der Waals surface area contributed by atoms with E-state index in [0.717, 1.165) is 17.1 Å². The predicted molar refractivity (Wildman–Crippen MR) is 64.6 cm³/mol. The zero-order chi connectivity index (χ0) is 14.2. The van der Waals surface area contributed by atoms with Crippen LogP contribution in [-0.2, 0) is 11.0 Å². The van der Waals surface area contributed by atoms with Gasteiger partial charge in [-0.25, -0.2) is 5.01 Å². The summed E-state index contributed by atoms with van der Waals surface area (Å²) in [7, 11) is 0. The summed E-state index contributed by atoms with van der Waals surface area (Å²) in [4.78, 5) is 12.0. The number of hydrogen-bond donors (Lipinski definition) is 1. The zero-order valence-electron chi connectivity index (χ0n) is 10.1. The van der Waals surface area contributed by atoms with Gasteiger partial charge >= 0.3 is 6.18 Å². The standard InChI is InChI=1S/C12H12F3N3O/c1-7-10(6-16)11(19)18(17-7)9-4-2-3-8(5-9)12(13,14)15/h2-5,10H,6,16H2,1H3. The van der Waals surface area contributed by atoms with E-state index in [1.54, 1.807) is 6.92 Å². The molecule has 1 heterocycles. The molecule has 19 heavy (non-hydrogen) atoms. The van der Waals surface area contributed by atoms with Crippen LogP contribution in [0.3, 0.4) is 0 Å². The number of carbonyl (C=O) groups is 1. The van der Waals surface area contributed by atoms with Crippen LogP contribution in [0.5, 0.6) is 0 Å². The van der Waals surface area contributed by atoms with Gasteiger partial charge in [-0.2, -0.15) is 18.3 Å². The lowest BCUT2D eigenvalue weighted by Crippen LogP contribution is -2.32. The van der Waals surface area contributed by atoms with Crippen molar-refractivity contribution in [2.75, 3.05) is 11.6 Å². The van der Waals surface area contributed by atoms with E-state index in [4.69, 9.17) is 5.73 Å². The Bertz CT molecular complexity index is 539. The third-order valence-corrected chi connectivity index (χ3v) is 2.92. The predicted octanol–water partition coefficient (Wildman–Crippen LogP) is 2.00. The molecule has 0 aromatic heterocycles. The van der Waals surface area contributed by atoms with Crippen molar-refractivity contribution >= 4 is 17.3 Å². The van der Waals surface area contributed by atoms with Crippen LogP contribution in [-0.4, -0.2) is 18.2 Å². The van der Waals surface area contributed by atoms with Crippen molar-refractivity contribution in [1.29, 1.82) is 0 Å². The highest BCUT2D eigenvalue weighted by atomic mass is 19.4. The van der Waals surface area contributed by atoms with E-state index >= 15 is 0 Å². The molecule has 2 rings (SSSR count). The highest BCUT2D eigenvalue weighted by Crippen LogP contribution is 2.33. The van der Waals surface area contributed by atoms with Gasteiger partial charge in [-0.3, -0.25) is 4.79 Å². The quantitative estimate of drug-likeness (QED) is 0.894. The van der Waals surface area contributed by atoms with Crippen LogP contribution in [0.25, 0.3) is 0 Å². The SMILES string of the molecule is CC1=NN(c2cccc(C(F)(F)F)c2)C(=O)C1CN. The van der Waals surface area contributed by atoms with Crippen LogP contribution in [0.2, 0.25) is 0 Å². The first-order valence-electron chi connectivity index (χ1n) is 5.61. The number of nitrogens with zero attached hydrogens (tertiary/aromatic N) is 2. The van der Waals surface area contributed by atoms with Crippen LogP contribution >= 0.6 is 0 Å². The molecule has 0 saturated heterocycles. The molecule has 0 saturated carbocycles. The highest BCUT2D eigenvalue weighted by Gasteiger charge is 2.35. The van der Waals surface area contributed by atoms with E-state index in [2.05, 4.69) is 5.10 Å². The van der Waals surface area contributed by atoms with Crippen molar-refractivity contribution in [2.45, 2.75) is 13.1 Å². The molecule has 7 heteroatoms. The van der Waals surface area contributed by atoms with Crippen LogP contribution in [0.15, 0.2) is 29.4 Å². The molecular weight excluding hydrogens is 259 g/mol. The average Bonchev–Trinajstić information content (AvgIpc) is 2.63. The summed E-state index contributed by atoms with van der Waals surface area (Å²) < 4.78 is 37.8.